The Labute approximate surface area is 216 Å². The number of aryl methyl sites for hydroxylation is 1. The fourth-order valence-corrected chi connectivity index (χ4v) is 0.890. The van der Waals surface area contributed by atoms with Gasteiger partial charge in [-0.2, -0.15) is 9.98 Å². The van der Waals surface area contributed by atoms with Gasteiger partial charge >= 0.3 is 118 Å². The summed E-state index contributed by atoms with van der Waals surface area (Å²) in [5.74, 6) is 0. The molecule has 0 fully saturated rings. The molecule has 0 radical (unpaired) electrons. The zero-order chi connectivity index (χ0) is 14.2. The van der Waals surface area contributed by atoms with Gasteiger partial charge in [-0.25, -0.2) is 9.59 Å². The van der Waals surface area contributed by atoms with Crippen LogP contribution < -0.4 is 137 Å². The summed E-state index contributed by atoms with van der Waals surface area (Å²) in [6, 6.07) is 4.88. The van der Waals surface area contributed by atoms with Crippen molar-refractivity contribution >= 4 is 32.6 Å². The maximum Gasteiger partial charge on any atom is 1.00 e. The minimum atomic E-state index is -5.61. The van der Waals surface area contributed by atoms with Crippen LogP contribution in [0.1, 0.15) is 5.56 Å². The molecule has 8 nitrogen and oxygen atoms in total. The number of isocyanates is 2. The first-order valence-corrected chi connectivity index (χ1v) is 5.99. The maximum atomic E-state index is 10.00. The van der Waals surface area contributed by atoms with Crippen molar-refractivity contribution in [2.75, 3.05) is 0 Å². The molecule has 0 spiro atoms. The molecule has 1 aromatic rings. The Morgan fingerprint density at radius 3 is 1.68 bits per heavy atom. The van der Waals surface area contributed by atoms with Crippen LogP contribution in [0.3, 0.4) is 0 Å². The molecule has 0 amide bonds. The van der Waals surface area contributed by atoms with E-state index in [1.54, 1.807) is 19.1 Å². The summed E-state index contributed by atoms with van der Waals surface area (Å²) in [7, 11) is -5.61. The molecule has 22 heavy (non-hydrogen) atoms. The van der Waals surface area contributed by atoms with Crippen LogP contribution in [-0.2, 0) is 9.59 Å². The molecule has 0 heterocycles. The van der Waals surface area contributed by atoms with E-state index in [0.717, 1.165) is 5.56 Å². The van der Waals surface area contributed by atoms with Crippen LogP contribution in [0.2, 0.25) is 0 Å². The molecule has 1 aromatic carbocycles. The molecule has 1 rings (SSSR count). The molecule has 0 aromatic heterocycles. The van der Waals surface area contributed by atoms with Crippen molar-refractivity contribution in [1.82, 2.24) is 0 Å². The van der Waals surface area contributed by atoms with Gasteiger partial charge in [-0.3, -0.25) is 0 Å². The second-order valence-electron chi connectivity index (χ2n) is 2.88. The van der Waals surface area contributed by atoms with Crippen LogP contribution in [0.15, 0.2) is 28.2 Å². The number of hydrogen-bond acceptors (Lipinski definition) is 8. The smallest absolute Gasteiger partial charge is 0.894 e. The summed E-state index contributed by atoms with van der Waals surface area (Å²) in [5.41, 5.74) is 1.72. The minimum Gasteiger partial charge on any atom is -0.894 e. The quantitative estimate of drug-likeness (QED) is 0.291. The third-order valence-corrected chi connectivity index (χ3v) is 1.53. The molecular weight excluding hydrogens is 352 g/mol. The molecule has 0 saturated carbocycles. The molecule has 0 atom stereocenters. The van der Waals surface area contributed by atoms with E-state index < -0.39 is 9.05 Å². The van der Waals surface area contributed by atoms with Crippen LogP contribution in [0, 0.1) is 6.92 Å². The van der Waals surface area contributed by atoms with Crippen LogP contribution in [0.25, 0.3) is 0 Å². The van der Waals surface area contributed by atoms with E-state index in [-0.39, 0.29) is 118 Å². The SMILES string of the molecule is Cc1ccc(N=C=O)cc1N=C=O.[Na+].[Na+].[Na+].[Na+].[O-][Si]([O-])([O-])[O-]. The first-order valence-electron chi connectivity index (χ1n) is 4.36. The van der Waals surface area contributed by atoms with Crippen molar-refractivity contribution in [3.63, 3.8) is 0 Å². The second kappa shape index (κ2) is 19.4. The van der Waals surface area contributed by atoms with Gasteiger partial charge < -0.3 is 28.2 Å². The Kier molecular flexibility index (Phi) is 31.0. The van der Waals surface area contributed by atoms with E-state index in [0.29, 0.717) is 11.4 Å². The standard InChI is InChI=1S/C9H6N2O2.4Na.O4Si/c1-7-2-3-8(10-5-12)4-9(7)11-6-13;;;;;1-5(2,3)4/h2-4H,1H3;;;;;/q;4*+1;-4. The predicted octanol–water partition coefficient (Wildman–Crippen LogP) is -15.2. The van der Waals surface area contributed by atoms with Crippen molar-refractivity contribution in [3.05, 3.63) is 23.8 Å². The van der Waals surface area contributed by atoms with Gasteiger partial charge in [0.1, 0.15) is 0 Å². The monoisotopic (exact) mass is 358 g/mol. The number of benzene rings is 1. The summed E-state index contributed by atoms with van der Waals surface area (Å²) >= 11 is 0. The van der Waals surface area contributed by atoms with Gasteiger partial charge in [-0.1, -0.05) is 6.07 Å². The molecule has 96 valence electrons. The summed E-state index contributed by atoms with van der Waals surface area (Å²) < 4.78 is 0. The Bertz CT molecular complexity index is 509. The minimum absolute atomic E-state index is 0. The van der Waals surface area contributed by atoms with E-state index in [9.17, 15) is 9.59 Å². The van der Waals surface area contributed by atoms with Crippen LogP contribution in [0.5, 0.6) is 0 Å². The number of nitrogens with zero attached hydrogens (tertiary/aromatic N) is 2. The van der Waals surface area contributed by atoms with E-state index >= 15 is 0 Å². The summed E-state index contributed by atoms with van der Waals surface area (Å²) in [4.78, 5) is 61.1. The molecule has 0 unspecified atom stereocenters. The molecule has 0 aliphatic rings. The van der Waals surface area contributed by atoms with Gasteiger partial charge in [0, 0.05) is 0 Å². The van der Waals surface area contributed by atoms with Crippen LogP contribution >= 0.6 is 0 Å². The van der Waals surface area contributed by atoms with Crippen molar-refractivity contribution in [3.8, 4) is 0 Å². The zero-order valence-corrected chi connectivity index (χ0v) is 22.1. The second-order valence-corrected chi connectivity index (χ2v) is 3.88. The molecule has 0 aliphatic carbocycles. The fraction of sp³-hybridized carbons (Fsp3) is 0.111. The molecule has 0 saturated heterocycles. The van der Waals surface area contributed by atoms with Gasteiger partial charge in [-0.05, 0) is 24.6 Å². The van der Waals surface area contributed by atoms with E-state index in [2.05, 4.69) is 9.98 Å². The van der Waals surface area contributed by atoms with Crippen molar-refractivity contribution in [2.24, 2.45) is 9.98 Å². The molecule has 0 aliphatic heterocycles. The normalized spacial score (nSPS) is 7.68. The van der Waals surface area contributed by atoms with Crippen molar-refractivity contribution < 1.29 is 147 Å². The van der Waals surface area contributed by atoms with Crippen LogP contribution in [0.4, 0.5) is 11.4 Å². The molecule has 13 heteroatoms. The van der Waals surface area contributed by atoms with E-state index in [1.807, 2.05) is 0 Å². The number of rotatable bonds is 2. The fourth-order valence-electron chi connectivity index (χ4n) is 0.890. The third-order valence-electron chi connectivity index (χ3n) is 1.53. The Morgan fingerprint density at radius 2 is 1.32 bits per heavy atom. The van der Waals surface area contributed by atoms with E-state index in [1.165, 1.54) is 18.2 Å². The predicted molar refractivity (Wildman–Crippen MR) is 52.5 cm³/mol. The van der Waals surface area contributed by atoms with Gasteiger partial charge in [0.15, 0.2) is 0 Å². The van der Waals surface area contributed by atoms with Crippen molar-refractivity contribution in [2.45, 2.75) is 6.92 Å². The summed E-state index contributed by atoms with van der Waals surface area (Å²) in [6.07, 6.45) is 2.84. The third kappa shape index (κ3) is 22.0. The first-order chi connectivity index (χ1) is 8.27. The van der Waals surface area contributed by atoms with Gasteiger partial charge in [-0.15, -0.1) is 0 Å². The average Bonchev–Trinajstić information content (AvgIpc) is 2.21. The average molecular weight is 358 g/mol. The molecular formula is C9H6N2Na4O6Si. The molecule has 0 bridgehead atoms. The zero-order valence-electron chi connectivity index (χ0n) is 13.1. The van der Waals surface area contributed by atoms with Crippen molar-refractivity contribution in [1.29, 1.82) is 0 Å². The maximum absolute atomic E-state index is 10.00. The topological polar surface area (TPSA) is 151 Å². The summed E-state index contributed by atoms with van der Waals surface area (Å²) in [5, 5.41) is 0. The van der Waals surface area contributed by atoms with Gasteiger partial charge in [0.25, 0.3) is 0 Å². The largest absolute Gasteiger partial charge is 1.00 e. The Hall–Kier alpha value is 2.04. The summed E-state index contributed by atoms with van der Waals surface area (Å²) in [6.45, 7) is 1.80. The number of hydrogen-bond donors (Lipinski definition) is 0. The molecule has 0 N–H and O–H groups in total. The number of carbonyl (C=O) groups excluding carboxylic acids is 2. The Balaban J connectivity index is -0.0000000952. The first kappa shape index (κ1) is 35.2. The van der Waals surface area contributed by atoms with Crippen LogP contribution in [-0.4, -0.2) is 21.2 Å². The van der Waals surface area contributed by atoms with Gasteiger partial charge in [0.2, 0.25) is 12.2 Å². The Morgan fingerprint density at radius 1 is 0.909 bits per heavy atom. The van der Waals surface area contributed by atoms with E-state index in [4.69, 9.17) is 19.2 Å². The van der Waals surface area contributed by atoms with Gasteiger partial charge in [0.05, 0.1) is 11.4 Å². The number of aliphatic imine (C=N–C) groups is 2.